The molecule has 27 heavy (non-hydrogen) atoms. The normalized spacial score (nSPS) is 17.2. The van der Waals surface area contributed by atoms with Crippen LogP contribution in [0.25, 0.3) is 0 Å². The fourth-order valence-corrected chi connectivity index (χ4v) is 3.91. The van der Waals surface area contributed by atoms with E-state index in [4.69, 9.17) is 4.74 Å². The maximum atomic E-state index is 13.3. The first-order chi connectivity index (χ1) is 13.0. The fourth-order valence-electron chi connectivity index (χ4n) is 3.91. The summed E-state index contributed by atoms with van der Waals surface area (Å²) < 4.78 is 5.14. The molecule has 0 aromatic heterocycles. The van der Waals surface area contributed by atoms with Crippen LogP contribution in [-0.4, -0.2) is 63.3 Å². The zero-order valence-electron chi connectivity index (χ0n) is 17.8. The van der Waals surface area contributed by atoms with Crippen molar-refractivity contribution in [1.82, 2.24) is 10.2 Å². The van der Waals surface area contributed by atoms with Crippen LogP contribution in [0.4, 0.5) is 5.69 Å². The second-order valence-electron chi connectivity index (χ2n) is 7.93. The smallest absolute Gasteiger partial charge is 0.254 e. The molecule has 1 heterocycles. The average molecular weight is 376 g/mol. The fraction of sp³-hybridized carbons (Fsp3) is 0.682. The van der Waals surface area contributed by atoms with Gasteiger partial charge < -0.3 is 19.9 Å². The van der Waals surface area contributed by atoms with E-state index >= 15 is 0 Å². The van der Waals surface area contributed by atoms with Gasteiger partial charge in [0.05, 0.1) is 0 Å². The standard InChI is InChI=1S/C22H37N3O2/c1-17(2)25(20-9-8-12-23-16-20)22(26)19-11-10-18(3)21(15-19)24(4)13-6-7-14-27-5/h10-11,15,17,20,23H,6-9,12-14,16H2,1-5H3/t20-/m1/s1. The number of unbranched alkanes of at least 4 members (excludes halogenated alkanes) is 1. The molecule has 0 spiro atoms. The minimum atomic E-state index is 0.146. The summed E-state index contributed by atoms with van der Waals surface area (Å²) in [6.45, 7) is 10.0. The lowest BCUT2D eigenvalue weighted by atomic mass is 10.0. The number of benzene rings is 1. The first-order valence-electron chi connectivity index (χ1n) is 10.3. The monoisotopic (exact) mass is 375 g/mol. The number of nitrogens with one attached hydrogen (secondary N) is 1. The number of carbonyl (C=O) groups excluding carboxylic acids is 1. The van der Waals surface area contributed by atoms with Crippen LogP contribution in [0, 0.1) is 6.92 Å². The molecule has 5 nitrogen and oxygen atoms in total. The highest BCUT2D eigenvalue weighted by molar-refractivity contribution is 5.96. The van der Waals surface area contributed by atoms with Crippen LogP contribution in [0.15, 0.2) is 18.2 Å². The lowest BCUT2D eigenvalue weighted by Gasteiger charge is -2.38. The first-order valence-corrected chi connectivity index (χ1v) is 10.3. The van der Waals surface area contributed by atoms with Gasteiger partial charge in [0.1, 0.15) is 0 Å². The lowest BCUT2D eigenvalue weighted by molar-refractivity contribution is 0.0573. The minimum absolute atomic E-state index is 0.146. The Kier molecular flexibility index (Phi) is 8.58. The number of piperidine rings is 1. The molecular weight excluding hydrogens is 338 g/mol. The van der Waals surface area contributed by atoms with Gasteiger partial charge in [0.25, 0.3) is 5.91 Å². The van der Waals surface area contributed by atoms with E-state index in [1.54, 1.807) is 7.11 Å². The van der Waals surface area contributed by atoms with Crippen LogP contribution in [0.5, 0.6) is 0 Å². The maximum absolute atomic E-state index is 13.3. The second kappa shape index (κ2) is 10.7. The summed E-state index contributed by atoms with van der Waals surface area (Å²) in [6, 6.07) is 6.60. The van der Waals surface area contributed by atoms with Crippen molar-refractivity contribution in [2.75, 3.05) is 45.3 Å². The summed E-state index contributed by atoms with van der Waals surface area (Å²) in [7, 11) is 3.85. The predicted molar refractivity (Wildman–Crippen MR) is 113 cm³/mol. The van der Waals surface area contributed by atoms with Crippen LogP contribution >= 0.6 is 0 Å². The van der Waals surface area contributed by atoms with Crippen LogP contribution in [0.2, 0.25) is 0 Å². The Balaban J connectivity index is 2.15. The number of rotatable bonds is 9. The van der Waals surface area contributed by atoms with Crippen LogP contribution in [-0.2, 0) is 4.74 Å². The van der Waals surface area contributed by atoms with Crippen molar-refractivity contribution in [2.24, 2.45) is 0 Å². The Morgan fingerprint density at radius 3 is 2.74 bits per heavy atom. The van der Waals surface area contributed by atoms with Crippen molar-refractivity contribution in [3.05, 3.63) is 29.3 Å². The summed E-state index contributed by atoms with van der Waals surface area (Å²) >= 11 is 0. The largest absolute Gasteiger partial charge is 0.385 e. The third-order valence-corrected chi connectivity index (χ3v) is 5.41. The Morgan fingerprint density at radius 1 is 1.33 bits per heavy atom. The second-order valence-corrected chi connectivity index (χ2v) is 7.93. The van der Waals surface area contributed by atoms with Crippen molar-refractivity contribution < 1.29 is 9.53 Å². The number of amides is 1. The van der Waals surface area contributed by atoms with E-state index < -0.39 is 0 Å². The van der Waals surface area contributed by atoms with Crippen LogP contribution < -0.4 is 10.2 Å². The van der Waals surface area contributed by atoms with E-state index in [1.807, 2.05) is 6.07 Å². The Morgan fingerprint density at radius 2 is 2.11 bits per heavy atom. The van der Waals surface area contributed by atoms with Crippen molar-refractivity contribution in [1.29, 1.82) is 0 Å². The predicted octanol–water partition coefficient (Wildman–Crippen LogP) is 3.46. The molecule has 0 unspecified atom stereocenters. The van der Waals surface area contributed by atoms with Gasteiger partial charge in [-0.25, -0.2) is 0 Å². The van der Waals surface area contributed by atoms with Gasteiger partial charge in [0, 0.05) is 57.2 Å². The van der Waals surface area contributed by atoms with Gasteiger partial charge in [-0.15, -0.1) is 0 Å². The number of ether oxygens (including phenoxy) is 1. The van der Waals surface area contributed by atoms with Gasteiger partial charge in [-0.1, -0.05) is 6.07 Å². The molecule has 1 fully saturated rings. The van der Waals surface area contributed by atoms with E-state index in [-0.39, 0.29) is 18.0 Å². The molecule has 5 heteroatoms. The lowest BCUT2D eigenvalue weighted by Crippen LogP contribution is -2.51. The molecule has 1 aliphatic rings. The van der Waals surface area contributed by atoms with Crippen molar-refractivity contribution in [3.63, 3.8) is 0 Å². The quantitative estimate of drug-likeness (QED) is 0.672. The topological polar surface area (TPSA) is 44.8 Å². The molecule has 0 radical (unpaired) electrons. The molecule has 0 bridgehead atoms. The van der Waals surface area contributed by atoms with Gasteiger partial charge in [-0.2, -0.15) is 0 Å². The molecule has 1 aliphatic heterocycles. The number of hydrogen-bond acceptors (Lipinski definition) is 4. The zero-order chi connectivity index (χ0) is 19.8. The van der Waals surface area contributed by atoms with E-state index in [2.05, 4.69) is 55.1 Å². The molecule has 1 amide bonds. The molecule has 1 atom stereocenters. The third kappa shape index (κ3) is 5.94. The van der Waals surface area contributed by atoms with Gasteiger partial charge >= 0.3 is 0 Å². The van der Waals surface area contributed by atoms with Crippen molar-refractivity contribution in [3.8, 4) is 0 Å². The maximum Gasteiger partial charge on any atom is 0.254 e. The van der Waals surface area contributed by atoms with Gasteiger partial charge in [0.2, 0.25) is 0 Å². The molecular formula is C22H37N3O2. The number of methoxy groups -OCH3 is 1. The van der Waals surface area contributed by atoms with Crippen LogP contribution in [0.1, 0.15) is 55.5 Å². The highest BCUT2D eigenvalue weighted by Crippen LogP contribution is 2.24. The van der Waals surface area contributed by atoms with E-state index in [1.165, 1.54) is 5.56 Å². The van der Waals surface area contributed by atoms with Crippen molar-refractivity contribution in [2.45, 2.75) is 58.5 Å². The summed E-state index contributed by atoms with van der Waals surface area (Å²) in [5, 5.41) is 3.44. The van der Waals surface area contributed by atoms with E-state index in [0.29, 0.717) is 0 Å². The first kappa shape index (κ1) is 21.7. The summed E-state index contributed by atoms with van der Waals surface area (Å²) in [6.07, 6.45) is 4.34. The molecule has 0 saturated carbocycles. The highest BCUT2D eigenvalue weighted by Gasteiger charge is 2.28. The number of carbonyl (C=O) groups is 1. The molecule has 1 saturated heterocycles. The number of hydrogen-bond donors (Lipinski definition) is 1. The van der Waals surface area contributed by atoms with Gasteiger partial charge in [-0.3, -0.25) is 4.79 Å². The van der Waals surface area contributed by atoms with E-state index in [0.717, 1.165) is 63.2 Å². The average Bonchev–Trinajstić information content (AvgIpc) is 2.66. The summed E-state index contributed by atoms with van der Waals surface area (Å²) in [4.78, 5) is 17.7. The summed E-state index contributed by atoms with van der Waals surface area (Å²) in [5.74, 6) is 0.146. The molecule has 2 rings (SSSR count). The SMILES string of the molecule is COCCCCN(C)c1cc(C(=O)N(C(C)C)[C@@H]2CCCNC2)ccc1C. The summed E-state index contributed by atoms with van der Waals surface area (Å²) in [5.41, 5.74) is 3.14. The van der Waals surface area contributed by atoms with Crippen molar-refractivity contribution >= 4 is 11.6 Å². The highest BCUT2D eigenvalue weighted by atomic mass is 16.5. The van der Waals surface area contributed by atoms with Gasteiger partial charge in [-0.05, 0) is 70.7 Å². The molecule has 1 aromatic carbocycles. The molecule has 0 aliphatic carbocycles. The molecule has 1 N–H and O–H groups in total. The Labute approximate surface area is 165 Å². The number of aryl methyl sites for hydroxylation is 1. The zero-order valence-corrected chi connectivity index (χ0v) is 17.8. The molecule has 152 valence electrons. The minimum Gasteiger partial charge on any atom is -0.385 e. The number of anilines is 1. The Bertz CT molecular complexity index is 597. The number of nitrogens with zero attached hydrogens (tertiary/aromatic N) is 2. The Hall–Kier alpha value is -1.59. The van der Waals surface area contributed by atoms with Gasteiger partial charge in [0.15, 0.2) is 0 Å². The third-order valence-electron chi connectivity index (χ3n) is 5.41. The molecule has 1 aromatic rings. The van der Waals surface area contributed by atoms with E-state index in [9.17, 15) is 4.79 Å². The van der Waals surface area contributed by atoms with Crippen LogP contribution in [0.3, 0.4) is 0 Å².